The van der Waals surface area contributed by atoms with E-state index in [4.69, 9.17) is 16.6 Å². The fourth-order valence-corrected chi connectivity index (χ4v) is 6.15. The summed E-state index contributed by atoms with van der Waals surface area (Å²) in [6.07, 6.45) is 1.98. The number of likely N-dealkylation sites (tertiary alicyclic amines) is 1. The first-order valence-electron chi connectivity index (χ1n) is 13.3. The lowest BCUT2D eigenvalue weighted by atomic mass is 9.96. The molecule has 2 saturated heterocycles. The van der Waals surface area contributed by atoms with Crippen molar-refractivity contribution in [3.63, 3.8) is 0 Å². The van der Waals surface area contributed by atoms with Crippen LogP contribution < -0.4 is 4.90 Å². The molecule has 0 N–H and O–H groups in total. The lowest BCUT2D eigenvalue weighted by molar-refractivity contribution is -0.137. The Bertz CT molecular complexity index is 1410. The third kappa shape index (κ3) is 5.33. The van der Waals surface area contributed by atoms with Crippen LogP contribution >= 0.6 is 27.5 Å². The predicted molar refractivity (Wildman–Crippen MR) is 157 cm³/mol. The lowest BCUT2D eigenvalue weighted by Gasteiger charge is -2.39. The maximum atomic E-state index is 13.5. The number of amides is 1. The summed E-state index contributed by atoms with van der Waals surface area (Å²) in [5, 5.41) is 0.747. The van der Waals surface area contributed by atoms with Gasteiger partial charge in [-0.1, -0.05) is 39.7 Å². The lowest BCUT2D eigenvalue weighted by Crippen LogP contribution is -2.52. The first kappa shape index (κ1) is 25.4. The number of fused-ring (bicyclic) bond motifs is 1. The molecule has 3 aromatic carbocycles. The van der Waals surface area contributed by atoms with Gasteiger partial charge in [0.05, 0.1) is 23.5 Å². The average molecular weight is 593 g/mol. The number of piperidine rings is 1. The molecule has 196 valence electrons. The van der Waals surface area contributed by atoms with Crippen LogP contribution in [0.4, 0.5) is 5.69 Å². The summed E-state index contributed by atoms with van der Waals surface area (Å²) < 4.78 is 3.31. The smallest absolute Gasteiger partial charge is 0.227 e. The molecule has 8 heteroatoms. The SMILES string of the molecule is O=C([C@H]1CCCN(Cc2nc3ccccc3n2-c2ccc(Br)cc2)C1)N1CCN(c2ccc(Cl)cc2)CC1. The molecule has 0 spiro atoms. The minimum Gasteiger partial charge on any atom is -0.368 e. The van der Waals surface area contributed by atoms with Gasteiger partial charge in [0.15, 0.2) is 0 Å². The molecule has 2 aliphatic rings. The van der Waals surface area contributed by atoms with E-state index in [0.29, 0.717) is 5.91 Å². The van der Waals surface area contributed by atoms with Crippen molar-refractivity contribution in [1.82, 2.24) is 19.4 Å². The first-order valence-corrected chi connectivity index (χ1v) is 14.5. The van der Waals surface area contributed by atoms with Crippen LogP contribution in [0.2, 0.25) is 5.02 Å². The van der Waals surface area contributed by atoms with E-state index in [1.807, 2.05) is 18.2 Å². The molecular formula is C30H31BrClN5O. The van der Waals surface area contributed by atoms with Crippen molar-refractivity contribution >= 4 is 50.2 Å². The molecule has 2 fully saturated rings. The quantitative estimate of drug-likeness (QED) is 0.285. The zero-order chi connectivity index (χ0) is 26.1. The molecule has 0 bridgehead atoms. The molecular weight excluding hydrogens is 562 g/mol. The average Bonchev–Trinajstić information content (AvgIpc) is 3.31. The van der Waals surface area contributed by atoms with Crippen molar-refractivity contribution in [3.8, 4) is 5.69 Å². The summed E-state index contributed by atoms with van der Waals surface area (Å²) in [5.41, 5.74) is 4.36. The Morgan fingerprint density at radius 2 is 1.61 bits per heavy atom. The van der Waals surface area contributed by atoms with E-state index in [1.54, 1.807) is 0 Å². The normalized spacial score (nSPS) is 18.7. The van der Waals surface area contributed by atoms with Gasteiger partial charge in [-0.3, -0.25) is 14.3 Å². The Morgan fingerprint density at radius 1 is 0.895 bits per heavy atom. The Labute approximate surface area is 236 Å². The standard InChI is InChI=1S/C30H31BrClN5O/c31-23-7-11-26(12-8-23)37-28-6-2-1-5-27(28)33-29(37)21-34-15-3-4-22(20-34)30(38)36-18-16-35(17-19-36)25-13-9-24(32)10-14-25/h1-2,5-14,22H,3-4,15-21H2/t22-/m0/s1. The summed E-state index contributed by atoms with van der Waals surface area (Å²) in [4.78, 5) is 25.4. The molecule has 0 radical (unpaired) electrons. The van der Waals surface area contributed by atoms with Crippen molar-refractivity contribution in [3.05, 3.63) is 88.1 Å². The monoisotopic (exact) mass is 591 g/mol. The zero-order valence-corrected chi connectivity index (χ0v) is 23.6. The molecule has 1 atom stereocenters. The zero-order valence-electron chi connectivity index (χ0n) is 21.3. The molecule has 0 saturated carbocycles. The summed E-state index contributed by atoms with van der Waals surface area (Å²) in [6, 6.07) is 24.6. The molecule has 1 aromatic heterocycles. The molecule has 3 heterocycles. The highest BCUT2D eigenvalue weighted by molar-refractivity contribution is 9.10. The van der Waals surface area contributed by atoms with Crippen LogP contribution in [0, 0.1) is 5.92 Å². The van der Waals surface area contributed by atoms with Gasteiger partial charge in [-0.05, 0) is 80.1 Å². The number of carbonyl (C=O) groups excluding carboxylic acids is 1. The molecule has 0 unspecified atom stereocenters. The highest BCUT2D eigenvalue weighted by Gasteiger charge is 2.31. The van der Waals surface area contributed by atoms with Crippen molar-refractivity contribution in [2.45, 2.75) is 19.4 Å². The topological polar surface area (TPSA) is 44.6 Å². The van der Waals surface area contributed by atoms with Gasteiger partial charge in [-0.25, -0.2) is 4.98 Å². The molecule has 4 aromatic rings. The Morgan fingerprint density at radius 3 is 2.37 bits per heavy atom. The molecule has 2 aliphatic heterocycles. The fraction of sp³-hybridized carbons (Fsp3) is 0.333. The van der Waals surface area contributed by atoms with Gasteiger partial charge in [0.1, 0.15) is 5.82 Å². The third-order valence-electron chi connectivity index (χ3n) is 7.72. The van der Waals surface area contributed by atoms with E-state index in [0.717, 1.165) is 90.7 Å². The van der Waals surface area contributed by atoms with Crippen LogP contribution in [-0.2, 0) is 11.3 Å². The fourth-order valence-electron chi connectivity index (χ4n) is 5.76. The Balaban J connectivity index is 1.14. The third-order valence-corrected chi connectivity index (χ3v) is 8.50. The number of aromatic nitrogens is 2. The highest BCUT2D eigenvalue weighted by atomic mass is 79.9. The highest BCUT2D eigenvalue weighted by Crippen LogP contribution is 2.27. The minimum atomic E-state index is 0.0383. The van der Waals surface area contributed by atoms with E-state index in [1.165, 1.54) is 5.69 Å². The Hall–Kier alpha value is -2.87. The van der Waals surface area contributed by atoms with Crippen molar-refractivity contribution < 1.29 is 4.79 Å². The number of anilines is 1. The molecule has 6 nitrogen and oxygen atoms in total. The number of imidazole rings is 1. The summed E-state index contributed by atoms with van der Waals surface area (Å²) >= 11 is 9.60. The number of carbonyl (C=O) groups is 1. The number of piperazine rings is 1. The van der Waals surface area contributed by atoms with Gasteiger partial charge in [-0.15, -0.1) is 0 Å². The van der Waals surface area contributed by atoms with Gasteiger partial charge in [0.25, 0.3) is 0 Å². The number of halogens is 2. The number of hydrogen-bond donors (Lipinski definition) is 0. The van der Waals surface area contributed by atoms with E-state index in [-0.39, 0.29) is 5.92 Å². The van der Waals surface area contributed by atoms with Crippen LogP contribution in [0.25, 0.3) is 16.7 Å². The van der Waals surface area contributed by atoms with Crippen molar-refractivity contribution in [1.29, 1.82) is 0 Å². The number of rotatable bonds is 5. The van der Waals surface area contributed by atoms with Crippen LogP contribution in [-0.4, -0.2) is 64.5 Å². The number of para-hydroxylation sites is 2. The summed E-state index contributed by atoms with van der Waals surface area (Å²) in [6.45, 7) is 5.70. The van der Waals surface area contributed by atoms with Crippen LogP contribution in [0.5, 0.6) is 0 Å². The summed E-state index contributed by atoms with van der Waals surface area (Å²) in [7, 11) is 0. The molecule has 1 amide bonds. The second-order valence-electron chi connectivity index (χ2n) is 10.2. The van der Waals surface area contributed by atoms with Gasteiger partial charge in [-0.2, -0.15) is 0 Å². The molecule has 38 heavy (non-hydrogen) atoms. The van der Waals surface area contributed by atoms with E-state index >= 15 is 0 Å². The van der Waals surface area contributed by atoms with Gasteiger partial charge in [0, 0.05) is 53.6 Å². The van der Waals surface area contributed by atoms with E-state index in [2.05, 4.69) is 89.8 Å². The largest absolute Gasteiger partial charge is 0.368 e. The first-order chi connectivity index (χ1) is 18.5. The van der Waals surface area contributed by atoms with Gasteiger partial charge in [0.2, 0.25) is 5.91 Å². The Kier molecular flexibility index (Phi) is 7.41. The predicted octanol–water partition coefficient (Wildman–Crippen LogP) is 6.00. The maximum absolute atomic E-state index is 13.5. The van der Waals surface area contributed by atoms with E-state index in [9.17, 15) is 4.79 Å². The van der Waals surface area contributed by atoms with Gasteiger partial charge >= 0.3 is 0 Å². The molecule has 0 aliphatic carbocycles. The maximum Gasteiger partial charge on any atom is 0.227 e. The summed E-state index contributed by atoms with van der Waals surface area (Å²) in [5.74, 6) is 1.35. The second-order valence-corrected chi connectivity index (χ2v) is 11.5. The van der Waals surface area contributed by atoms with Crippen LogP contribution in [0.1, 0.15) is 18.7 Å². The minimum absolute atomic E-state index is 0.0383. The van der Waals surface area contributed by atoms with Crippen molar-refractivity contribution in [2.24, 2.45) is 5.92 Å². The van der Waals surface area contributed by atoms with Crippen molar-refractivity contribution in [2.75, 3.05) is 44.2 Å². The second kappa shape index (κ2) is 11.1. The van der Waals surface area contributed by atoms with Crippen LogP contribution in [0.15, 0.2) is 77.3 Å². The van der Waals surface area contributed by atoms with E-state index < -0.39 is 0 Å². The van der Waals surface area contributed by atoms with Crippen LogP contribution in [0.3, 0.4) is 0 Å². The number of hydrogen-bond acceptors (Lipinski definition) is 4. The number of benzene rings is 3. The number of nitrogens with zero attached hydrogens (tertiary/aromatic N) is 5. The van der Waals surface area contributed by atoms with Gasteiger partial charge < -0.3 is 9.80 Å². The molecule has 6 rings (SSSR count).